The number of ether oxygens (including phenoxy) is 1. The van der Waals surface area contributed by atoms with Crippen molar-refractivity contribution in [1.29, 1.82) is 0 Å². The van der Waals surface area contributed by atoms with Crippen LogP contribution in [0.15, 0.2) is 6.20 Å². The summed E-state index contributed by atoms with van der Waals surface area (Å²) in [7, 11) is 1.39. The number of primary amides is 1. The van der Waals surface area contributed by atoms with Gasteiger partial charge in [-0.2, -0.15) is 0 Å². The molecule has 0 aromatic carbocycles. The molecule has 6 nitrogen and oxygen atoms in total. The molecule has 0 atom stereocenters. The number of amides is 1. The second-order valence-corrected chi connectivity index (χ2v) is 2.62. The Morgan fingerprint density at radius 3 is 2.79 bits per heavy atom. The molecule has 0 aliphatic carbocycles. The van der Waals surface area contributed by atoms with Crippen molar-refractivity contribution in [2.24, 2.45) is 5.73 Å². The van der Waals surface area contributed by atoms with E-state index >= 15 is 0 Å². The fraction of sp³-hybridized carbons (Fsp3) is 0.250. The van der Waals surface area contributed by atoms with Crippen molar-refractivity contribution < 1.29 is 19.7 Å². The predicted molar refractivity (Wildman–Crippen MR) is 46.8 cm³/mol. The second-order valence-electron chi connectivity index (χ2n) is 2.62. The van der Waals surface area contributed by atoms with Crippen LogP contribution in [0.25, 0.3) is 0 Å². The van der Waals surface area contributed by atoms with Gasteiger partial charge >= 0.3 is 0 Å². The van der Waals surface area contributed by atoms with Crippen molar-refractivity contribution in [3.63, 3.8) is 0 Å². The third kappa shape index (κ3) is 1.74. The Bertz CT molecular complexity index is 365. The summed E-state index contributed by atoms with van der Waals surface area (Å²) < 4.78 is 4.72. The Balaban J connectivity index is 3.26. The Morgan fingerprint density at radius 1 is 1.64 bits per heavy atom. The van der Waals surface area contributed by atoms with E-state index < -0.39 is 11.7 Å². The van der Waals surface area contributed by atoms with Gasteiger partial charge in [0.15, 0.2) is 11.4 Å². The van der Waals surface area contributed by atoms with Crippen LogP contribution in [0.5, 0.6) is 11.5 Å². The molecule has 0 bridgehead atoms. The maximum atomic E-state index is 10.8. The normalized spacial score (nSPS) is 10.1. The van der Waals surface area contributed by atoms with Gasteiger partial charge in [0.25, 0.3) is 5.91 Å². The third-order valence-corrected chi connectivity index (χ3v) is 1.66. The number of rotatable bonds is 3. The van der Waals surface area contributed by atoms with E-state index in [1.807, 2.05) is 0 Å². The highest BCUT2D eigenvalue weighted by atomic mass is 16.5. The van der Waals surface area contributed by atoms with Gasteiger partial charge in [0.05, 0.1) is 18.4 Å². The van der Waals surface area contributed by atoms with Gasteiger partial charge in [-0.15, -0.1) is 0 Å². The van der Waals surface area contributed by atoms with Crippen LogP contribution in [-0.2, 0) is 11.3 Å². The number of pyridine rings is 1. The van der Waals surface area contributed by atoms with Gasteiger partial charge < -0.3 is 20.7 Å². The molecule has 0 saturated carbocycles. The smallest absolute Gasteiger partial charge is 0.271 e. The highest BCUT2D eigenvalue weighted by Crippen LogP contribution is 2.28. The van der Waals surface area contributed by atoms with Gasteiger partial charge in [-0.25, -0.2) is 4.98 Å². The average Bonchev–Trinajstić information content (AvgIpc) is 2.11. The summed E-state index contributed by atoms with van der Waals surface area (Å²) >= 11 is 0. The van der Waals surface area contributed by atoms with E-state index in [0.717, 1.165) is 6.20 Å². The number of carbonyl (C=O) groups excluding carboxylic acids is 1. The molecule has 14 heavy (non-hydrogen) atoms. The molecule has 4 N–H and O–H groups in total. The fourth-order valence-electron chi connectivity index (χ4n) is 0.996. The summed E-state index contributed by atoms with van der Waals surface area (Å²) in [6.07, 6.45) is 1.04. The predicted octanol–water partition coefficient (Wildman–Crippen LogP) is -0.262. The third-order valence-electron chi connectivity index (χ3n) is 1.66. The topological polar surface area (TPSA) is 106 Å². The molecule has 1 aromatic rings. The first kappa shape index (κ1) is 10.3. The van der Waals surface area contributed by atoms with Crippen LogP contribution < -0.4 is 5.73 Å². The first-order valence-electron chi connectivity index (χ1n) is 3.76. The van der Waals surface area contributed by atoms with Crippen LogP contribution in [0, 0.1) is 0 Å². The molecule has 0 aliphatic heterocycles. The number of aromatic nitrogens is 1. The zero-order chi connectivity index (χ0) is 10.7. The van der Waals surface area contributed by atoms with Crippen LogP contribution in [0.4, 0.5) is 0 Å². The lowest BCUT2D eigenvalue weighted by Gasteiger charge is -2.07. The van der Waals surface area contributed by atoms with Crippen molar-refractivity contribution >= 4 is 5.91 Å². The molecular formula is C8H10N2O4. The van der Waals surface area contributed by atoms with Gasteiger partial charge in [-0.05, 0) is 0 Å². The lowest BCUT2D eigenvalue weighted by Crippen LogP contribution is -2.14. The first-order valence-corrected chi connectivity index (χ1v) is 3.76. The molecule has 1 heterocycles. The summed E-state index contributed by atoms with van der Waals surface area (Å²) in [5, 5.41) is 18.7. The van der Waals surface area contributed by atoms with Crippen LogP contribution in [0.3, 0.4) is 0 Å². The first-order chi connectivity index (χ1) is 6.57. The van der Waals surface area contributed by atoms with Crippen LogP contribution in [0.1, 0.15) is 16.1 Å². The zero-order valence-electron chi connectivity index (χ0n) is 7.52. The molecule has 0 fully saturated rings. The number of aromatic hydroxyl groups is 2. The zero-order valence-corrected chi connectivity index (χ0v) is 7.52. The number of hydrogen-bond acceptors (Lipinski definition) is 5. The lowest BCUT2D eigenvalue weighted by atomic mass is 10.2. The molecule has 76 valence electrons. The maximum Gasteiger partial charge on any atom is 0.271 e. The molecule has 0 unspecified atom stereocenters. The lowest BCUT2D eigenvalue weighted by molar-refractivity contribution is 0.0991. The minimum Gasteiger partial charge on any atom is -0.506 e. The van der Waals surface area contributed by atoms with Gasteiger partial charge in [0.2, 0.25) is 0 Å². The van der Waals surface area contributed by atoms with E-state index in [4.69, 9.17) is 10.5 Å². The van der Waals surface area contributed by atoms with Gasteiger partial charge in [0, 0.05) is 7.11 Å². The molecule has 1 aromatic heterocycles. The summed E-state index contributed by atoms with van der Waals surface area (Å²) in [5.41, 5.74) is 4.76. The summed E-state index contributed by atoms with van der Waals surface area (Å²) in [5.74, 6) is -1.55. The summed E-state index contributed by atoms with van der Waals surface area (Å²) in [6, 6.07) is 0. The molecule has 0 spiro atoms. The molecule has 6 heteroatoms. The van der Waals surface area contributed by atoms with Crippen LogP contribution in [-0.4, -0.2) is 28.2 Å². The van der Waals surface area contributed by atoms with Crippen molar-refractivity contribution in [3.05, 3.63) is 17.5 Å². The highest BCUT2D eigenvalue weighted by Gasteiger charge is 2.16. The summed E-state index contributed by atoms with van der Waals surface area (Å²) in [6.45, 7) is -0.0273. The Morgan fingerprint density at radius 2 is 2.29 bits per heavy atom. The number of nitrogens with two attached hydrogens (primary N) is 1. The van der Waals surface area contributed by atoms with E-state index in [9.17, 15) is 15.0 Å². The van der Waals surface area contributed by atoms with E-state index in [2.05, 4.69) is 4.98 Å². The number of carbonyl (C=O) groups is 1. The molecule has 0 radical (unpaired) electrons. The van der Waals surface area contributed by atoms with Crippen molar-refractivity contribution in [2.75, 3.05) is 7.11 Å². The Kier molecular flexibility index (Phi) is 2.88. The maximum absolute atomic E-state index is 10.8. The van der Waals surface area contributed by atoms with Crippen molar-refractivity contribution in [2.45, 2.75) is 6.61 Å². The average molecular weight is 198 g/mol. The minimum atomic E-state index is -0.861. The van der Waals surface area contributed by atoms with E-state index in [1.165, 1.54) is 7.11 Å². The minimum absolute atomic E-state index is 0.0273. The molecule has 1 rings (SSSR count). The Hall–Kier alpha value is -1.82. The van der Waals surface area contributed by atoms with Crippen molar-refractivity contribution in [3.8, 4) is 11.5 Å². The molecule has 0 aliphatic rings. The largest absolute Gasteiger partial charge is 0.506 e. The molecule has 1 amide bonds. The van der Waals surface area contributed by atoms with E-state index in [0.29, 0.717) is 0 Å². The second kappa shape index (κ2) is 3.93. The monoisotopic (exact) mass is 198 g/mol. The standard InChI is InChI=1S/C8H10N2O4/c1-14-3-4-5(11)2-10-6(7(4)12)8(9)13/h2,11-12H,3H2,1H3,(H2,9,13). The molecule has 0 saturated heterocycles. The van der Waals surface area contributed by atoms with E-state index in [1.54, 1.807) is 0 Å². The van der Waals surface area contributed by atoms with Crippen molar-refractivity contribution in [1.82, 2.24) is 4.98 Å². The number of nitrogens with zero attached hydrogens (tertiary/aromatic N) is 1. The van der Waals surface area contributed by atoms with Gasteiger partial charge in [-0.3, -0.25) is 4.79 Å². The van der Waals surface area contributed by atoms with E-state index in [-0.39, 0.29) is 23.6 Å². The quantitative estimate of drug-likeness (QED) is 0.620. The number of methoxy groups -OCH3 is 1. The van der Waals surface area contributed by atoms with Gasteiger partial charge in [0.1, 0.15) is 5.75 Å². The van der Waals surface area contributed by atoms with Crippen LogP contribution >= 0.6 is 0 Å². The number of hydrogen-bond donors (Lipinski definition) is 3. The summed E-state index contributed by atoms with van der Waals surface area (Å²) in [4.78, 5) is 14.3. The molecular weight excluding hydrogens is 188 g/mol. The fourth-order valence-corrected chi connectivity index (χ4v) is 0.996. The highest BCUT2D eigenvalue weighted by molar-refractivity contribution is 5.94. The van der Waals surface area contributed by atoms with Crippen LogP contribution in [0.2, 0.25) is 0 Å². The SMILES string of the molecule is COCc1c(O)cnc(C(N)=O)c1O. The Labute approximate surface area is 79.9 Å². The van der Waals surface area contributed by atoms with Gasteiger partial charge in [-0.1, -0.05) is 0 Å².